The lowest BCUT2D eigenvalue weighted by Crippen LogP contribution is -2.44. The van der Waals surface area contributed by atoms with Crippen LogP contribution >= 0.6 is 0 Å². The minimum atomic E-state index is -1.10. The van der Waals surface area contributed by atoms with E-state index < -0.39 is 23.5 Å². The molecule has 1 saturated carbocycles. The molecule has 2 unspecified atom stereocenters. The number of carboxylic acids is 1. The van der Waals surface area contributed by atoms with Gasteiger partial charge in [-0.1, -0.05) is 31.2 Å². The van der Waals surface area contributed by atoms with E-state index in [1.165, 1.54) is 6.92 Å². The molecule has 0 aromatic heterocycles. The molecular formula is C16H20O4. The molecule has 1 aliphatic carbocycles. The van der Waals surface area contributed by atoms with Crippen LogP contribution in [-0.2, 0) is 26.2 Å². The third-order valence-corrected chi connectivity index (χ3v) is 4.15. The fraction of sp³-hybridized carbons (Fsp3) is 0.500. The van der Waals surface area contributed by atoms with E-state index in [0.717, 1.165) is 24.0 Å². The molecule has 0 radical (unpaired) electrons. The summed E-state index contributed by atoms with van der Waals surface area (Å²) in [5, 5.41) is 9.74. The van der Waals surface area contributed by atoms with Gasteiger partial charge in [0.1, 0.15) is 11.5 Å². The van der Waals surface area contributed by atoms with Crippen LogP contribution in [0, 0.1) is 0 Å². The van der Waals surface area contributed by atoms with Gasteiger partial charge in [0.05, 0.1) is 0 Å². The van der Waals surface area contributed by atoms with Crippen molar-refractivity contribution in [3.63, 3.8) is 0 Å². The highest BCUT2D eigenvalue weighted by Gasteiger charge is 2.52. The van der Waals surface area contributed by atoms with Gasteiger partial charge in [-0.2, -0.15) is 0 Å². The Hall–Kier alpha value is -1.84. The van der Waals surface area contributed by atoms with Gasteiger partial charge in [-0.15, -0.1) is 0 Å². The Labute approximate surface area is 118 Å². The summed E-state index contributed by atoms with van der Waals surface area (Å²) in [5.74, 6) is -1.33. The van der Waals surface area contributed by atoms with Crippen molar-refractivity contribution in [3.8, 4) is 0 Å². The maximum absolute atomic E-state index is 11.9. The van der Waals surface area contributed by atoms with Crippen molar-refractivity contribution in [3.05, 3.63) is 35.4 Å². The summed E-state index contributed by atoms with van der Waals surface area (Å²) in [6.45, 7) is 3.38. The molecule has 0 spiro atoms. The van der Waals surface area contributed by atoms with Crippen LogP contribution in [0.5, 0.6) is 0 Å². The van der Waals surface area contributed by atoms with E-state index in [1.54, 1.807) is 0 Å². The third-order valence-electron chi connectivity index (χ3n) is 4.15. The molecule has 1 fully saturated rings. The normalized spacial score (nSPS) is 25.4. The first-order valence-electron chi connectivity index (χ1n) is 7.00. The Morgan fingerprint density at radius 2 is 2.00 bits per heavy atom. The van der Waals surface area contributed by atoms with Gasteiger partial charge in [0, 0.05) is 6.92 Å². The lowest BCUT2D eigenvalue weighted by Gasteiger charge is -2.31. The number of ether oxygens (including phenoxy) is 1. The average molecular weight is 276 g/mol. The van der Waals surface area contributed by atoms with Crippen LogP contribution in [0.15, 0.2) is 24.3 Å². The second kappa shape index (κ2) is 5.65. The largest absolute Gasteiger partial charge is 0.480 e. The number of hydrogen-bond acceptors (Lipinski definition) is 3. The fourth-order valence-electron chi connectivity index (χ4n) is 3.07. The van der Waals surface area contributed by atoms with Gasteiger partial charge in [-0.25, -0.2) is 0 Å². The highest BCUT2D eigenvalue weighted by atomic mass is 16.5. The molecule has 0 amide bonds. The molecule has 4 nitrogen and oxygen atoms in total. The first-order valence-corrected chi connectivity index (χ1v) is 7.00. The molecule has 4 heteroatoms. The van der Waals surface area contributed by atoms with Gasteiger partial charge in [-0.3, -0.25) is 9.59 Å². The molecule has 1 N–H and O–H groups in total. The predicted octanol–water partition coefficient (Wildman–Crippen LogP) is 2.69. The van der Waals surface area contributed by atoms with Crippen molar-refractivity contribution in [2.45, 2.75) is 51.0 Å². The number of benzene rings is 1. The number of carbonyl (C=O) groups excluding carboxylic acids is 1. The first-order chi connectivity index (χ1) is 9.50. The van der Waals surface area contributed by atoms with Gasteiger partial charge in [0.25, 0.3) is 0 Å². The Balaban J connectivity index is 2.42. The van der Waals surface area contributed by atoms with Gasteiger partial charge in [0.2, 0.25) is 0 Å². The predicted molar refractivity (Wildman–Crippen MR) is 74.5 cm³/mol. The van der Waals surface area contributed by atoms with Gasteiger partial charge < -0.3 is 9.84 Å². The van der Waals surface area contributed by atoms with Crippen molar-refractivity contribution in [2.24, 2.45) is 0 Å². The highest BCUT2D eigenvalue weighted by molar-refractivity contribution is 5.83. The van der Waals surface area contributed by atoms with Crippen LogP contribution < -0.4 is 0 Å². The topological polar surface area (TPSA) is 63.6 Å². The highest BCUT2D eigenvalue weighted by Crippen LogP contribution is 2.43. The van der Waals surface area contributed by atoms with Crippen molar-refractivity contribution >= 4 is 11.9 Å². The third kappa shape index (κ3) is 2.42. The molecule has 1 aliphatic rings. The molecule has 0 aliphatic heterocycles. The zero-order valence-electron chi connectivity index (χ0n) is 11.9. The minimum absolute atomic E-state index is 0.423. The molecule has 1 aromatic carbocycles. The smallest absolute Gasteiger partial charge is 0.317 e. The second-order valence-corrected chi connectivity index (χ2v) is 5.32. The number of hydrogen-bond donors (Lipinski definition) is 1. The summed E-state index contributed by atoms with van der Waals surface area (Å²) in [5.41, 5.74) is 0.792. The molecule has 0 heterocycles. The fourth-order valence-corrected chi connectivity index (χ4v) is 3.07. The standard InChI is InChI=1S/C16H20O4/c1-3-12-6-8-13(9-7-12)16(15(18)19)10-4-5-14(16)20-11(2)17/h6-9,14H,3-5,10H2,1-2H3,(H,18,19). The molecule has 0 saturated heterocycles. The monoisotopic (exact) mass is 276 g/mol. The maximum atomic E-state index is 11.9. The van der Waals surface area contributed by atoms with E-state index in [9.17, 15) is 14.7 Å². The van der Waals surface area contributed by atoms with E-state index in [1.807, 2.05) is 24.3 Å². The molecule has 2 atom stereocenters. The zero-order chi connectivity index (χ0) is 14.8. The summed E-state index contributed by atoms with van der Waals surface area (Å²) in [7, 11) is 0. The number of rotatable bonds is 4. The van der Waals surface area contributed by atoms with Crippen molar-refractivity contribution in [2.75, 3.05) is 0 Å². The average Bonchev–Trinajstić information content (AvgIpc) is 2.82. The van der Waals surface area contributed by atoms with E-state index in [4.69, 9.17) is 4.74 Å². The van der Waals surface area contributed by atoms with Crippen LogP contribution in [0.25, 0.3) is 0 Å². The quantitative estimate of drug-likeness (QED) is 0.859. The molecule has 1 aromatic rings. The first kappa shape index (κ1) is 14.6. The Kier molecular flexibility index (Phi) is 4.12. The summed E-state index contributed by atoms with van der Waals surface area (Å²) >= 11 is 0. The summed E-state index contributed by atoms with van der Waals surface area (Å²) < 4.78 is 5.28. The molecule has 20 heavy (non-hydrogen) atoms. The van der Waals surface area contributed by atoms with Gasteiger partial charge in [-0.05, 0) is 36.8 Å². The number of carboxylic acid groups (broad SMARTS) is 1. The van der Waals surface area contributed by atoms with Crippen LogP contribution in [0.4, 0.5) is 0 Å². The molecule has 2 rings (SSSR count). The van der Waals surface area contributed by atoms with E-state index in [0.29, 0.717) is 12.8 Å². The molecular weight excluding hydrogens is 256 g/mol. The van der Waals surface area contributed by atoms with Gasteiger partial charge in [0.15, 0.2) is 0 Å². The van der Waals surface area contributed by atoms with Crippen LogP contribution in [0.2, 0.25) is 0 Å². The number of aliphatic carboxylic acids is 1. The van der Waals surface area contributed by atoms with E-state index >= 15 is 0 Å². The maximum Gasteiger partial charge on any atom is 0.317 e. The SMILES string of the molecule is CCc1ccc(C2(C(=O)O)CCCC2OC(C)=O)cc1. The lowest BCUT2D eigenvalue weighted by atomic mass is 9.76. The van der Waals surface area contributed by atoms with Crippen molar-refractivity contribution in [1.29, 1.82) is 0 Å². The number of carbonyl (C=O) groups is 2. The number of aryl methyl sites for hydroxylation is 1. The van der Waals surface area contributed by atoms with Crippen molar-refractivity contribution < 1.29 is 19.4 Å². The minimum Gasteiger partial charge on any atom is -0.480 e. The molecule has 0 bridgehead atoms. The Morgan fingerprint density at radius 3 is 2.50 bits per heavy atom. The molecule has 108 valence electrons. The number of esters is 1. The zero-order valence-corrected chi connectivity index (χ0v) is 11.9. The summed E-state index contributed by atoms with van der Waals surface area (Å²) in [6, 6.07) is 7.61. The van der Waals surface area contributed by atoms with E-state index in [-0.39, 0.29) is 0 Å². The van der Waals surface area contributed by atoms with E-state index in [2.05, 4.69) is 6.92 Å². The lowest BCUT2D eigenvalue weighted by molar-refractivity contribution is -0.157. The Morgan fingerprint density at radius 1 is 1.35 bits per heavy atom. The van der Waals surface area contributed by atoms with Crippen LogP contribution in [-0.4, -0.2) is 23.1 Å². The summed E-state index contributed by atoms with van der Waals surface area (Å²) in [6.07, 6.45) is 2.19. The van der Waals surface area contributed by atoms with Gasteiger partial charge >= 0.3 is 11.9 Å². The van der Waals surface area contributed by atoms with Crippen molar-refractivity contribution in [1.82, 2.24) is 0 Å². The summed E-state index contributed by atoms with van der Waals surface area (Å²) in [4.78, 5) is 23.1. The van der Waals surface area contributed by atoms with Crippen LogP contribution in [0.1, 0.15) is 44.2 Å². The Bertz CT molecular complexity index is 506. The second-order valence-electron chi connectivity index (χ2n) is 5.32. The van der Waals surface area contributed by atoms with Crippen LogP contribution in [0.3, 0.4) is 0 Å².